The van der Waals surface area contributed by atoms with Crippen molar-refractivity contribution in [3.8, 4) is 0 Å². The molecule has 0 aliphatic heterocycles. The number of carbonyl (C=O) groups is 1. The molecule has 1 fully saturated rings. The number of anilines is 1. The summed E-state index contributed by atoms with van der Waals surface area (Å²) in [6, 6.07) is 5.57. The Morgan fingerprint density at radius 3 is 2.46 bits per heavy atom. The molecule has 0 radical (unpaired) electrons. The van der Waals surface area contributed by atoms with Crippen molar-refractivity contribution in [2.75, 3.05) is 5.32 Å². The Labute approximate surface area is 206 Å². The van der Waals surface area contributed by atoms with Crippen LogP contribution in [0.1, 0.15) is 56.0 Å². The van der Waals surface area contributed by atoms with Crippen LogP contribution < -0.4 is 5.32 Å². The maximum Gasteiger partial charge on any atom is 0.419 e. The zero-order valence-corrected chi connectivity index (χ0v) is 20.9. The van der Waals surface area contributed by atoms with Gasteiger partial charge in [-0.25, -0.2) is 12.8 Å². The first-order valence-corrected chi connectivity index (χ1v) is 12.9. The number of carbonyl (C=O) groups excluding carboxylic acids is 1. The third-order valence-corrected chi connectivity index (χ3v) is 9.60. The van der Waals surface area contributed by atoms with E-state index in [1.165, 1.54) is 12.1 Å². The molecule has 2 aromatic carbocycles. The summed E-state index contributed by atoms with van der Waals surface area (Å²) in [5.74, 6) is -2.92. The van der Waals surface area contributed by atoms with Gasteiger partial charge in [-0.05, 0) is 68.0 Å². The van der Waals surface area contributed by atoms with E-state index in [0.29, 0.717) is 18.6 Å². The minimum absolute atomic E-state index is 0.0966. The standard InChI is InChI=1S/C24H26ClF4NO4S/c1-4-15-11-17(9-13(2)23(15,3)32)35(33,34)21-10-14(5-7-19(21)25)22(31)30-16-6-8-20(26)18(12-16)24(27,28)29/h5-8,10,12-13,15,17,32H,4,9,11H2,1-3H3,(H,30,31)/t13-,15?,17-,23-/m0/s1. The van der Waals surface area contributed by atoms with Crippen LogP contribution in [0.15, 0.2) is 41.3 Å². The summed E-state index contributed by atoms with van der Waals surface area (Å²) in [5.41, 5.74) is -3.01. The molecule has 4 atom stereocenters. The summed E-state index contributed by atoms with van der Waals surface area (Å²) < 4.78 is 79.4. The van der Waals surface area contributed by atoms with Gasteiger partial charge >= 0.3 is 6.18 Å². The van der Waals surface area contributed by atoms with E-state index in [2.05, 4.69) is 5.32 Å². The fraction of sp³-hybridized carbons (Fsp3) is 0.458. The highest BCUT2D eigenvalue weighted by molar-refractivity contribution is 7.92. The van der Waals surface area contributed by atoms with Crippen LogP contribution in [0.25, 0.3) is 0 Å². The second-order valence-electron chi connectivity index (χ2n) is 9.16. The summed E-state index contributed by atoms with van der Waals surface area (Å²) in [5, 5.41) is 12.1. The van der Waals surface area contributed by atoms with Crippen LogP contribution in [-0.2, 0) is 16.0 Å². The van der Waals surface area contributed by atoms with Crippen LogP contribution >= 0.6 is 11.6 Å². The van der Waals surface area contributed by atoms with Gasteiger partial charge in [-0.1, -0.05) is 31.9 Å². The second-order valence-corrected chi connectivity index (χ2v) is 11.8. The van der Waals surface area contributed by atoms with E-state index in [1.807, 2.05) is 6.92 Å². The third-order valence-electron chi connectivity index (χ3n) is 6.95. The lowest BCUT2D eigenvalue weighted by molar-refractivity contribution is -0.139. The highest BCUT2D eigenvalue weighted by Gasteiger charge is 2.47. The quantitative estimate of drug-likeness (QED) is 0.453. The van der Waals surface area contributed by atoms with Crippen molar-refractivity contribution >= 4 is 33.0 Å². The van der Waals surface area contributed by atoms with E-state index in [0.717, 1.165) is 12.1 Å². The number of halogens is 5. The normalized spacial score (nSPS) is 25.3. The molecular weight excluding hydrogens is 510 g/mol. The lowest BCUT2D eigenvalue weighted by Gasteiger charge is -2.45. The van der Waals surface area contributed by atoms with E-state index in [4.69, 9.17) is 11.6 Å². The van der Waals surface area contributed by atoms with Crippen molar-refractivity contribution in [1.82, 2.24) is 0 Å². The Bertz CT molecular complexity index is 1230. The van der Waals surface area contributed by atoms with E-state index < -0.39 is 44.2 Å². The number of aliphatic hydroxyl groups is 1. The van der Waals surface area contributed by atoms with Crippen LogP contribution in [0, 0.1) is 17.7 Å². The fourth-order valence-electron chi connectivity index (χ4n) is 4.59. The molecule has 0 bridgehead atoms. The van der Waals surface area contributed by atoms with E-state index >= 15 is 0 Å². The number of rotatable bonds is 5. The molecule has 3 rings (SSSR count). The maximum absolute atomic E-state index is 13.5. The van der Waals surface area contributed by atoms with Gasteiger partial charge in [-0.15, -0.1) is 0 Å². The molecule has 192 valence electrons. The number of alkyl halides is 3. The molecule has 5 nitrogen and oxygen atoms in total. The molecule has 0 heterocycles. The smallest absolute Gasteiger partial charge is 0.390 e. The van der Waals surface area contributed by atoms with Crippen molar-refractivity contribution < 1.29 is 35.9 Å². The van der Waals surface area contributed by atoms with Crippen LogP contribution in [0.5, 0.6) is 0 Å². The van der Waals surface area contributed by atoms with Gasteiger partial charge in [0.05, 0.1) is 26.3 Å². The van der Waals surface area contributed by atoms with Crippen molar-refractivity contribution in [1.29, 1.82) is 0 Å². The molecule has 2 aromatic rings. The van der Waals surface area contributed by atoms with Crippen molar-refractivity contribution in [3.63, 3.8) is 0 Å². The number of sulfone groups is 1. The molecule has 2 N–H and O–H groups in total. The zero-order chi connectivity index (χ0) is 26.3. The van der Waals surface area contributed by atoms with Gasteiger partial charge < -0.3 is 10.4 Å². The van der Waals surface area contributed by atoms with Crippen LogP contribution in [0.3, 0.4) is 0 Å². The Morgan fingerprint density at radius 1 is 1.20 bits per heavy atom. The Hall–Kier alpha value is -2.17. The average molecular weight is 536 g/mol. The molecule has 1 unspecified atom stereocenters. The van der Waals surface area contributed by atoms with E-state index in [1.54, 1.807) is 13.8 Å². The maximum atomic E-state index is 13.5. The van der Waals surface area contributed by atoms with E-state index in [-0.39, 0.29) is 45.8 Å². The summed E-state index contributed by atoms with van der Waals surface area (Å²) in [6.07, 6.45) is -3.95. The van der Waals surface area contributed by atoms with Gasteiger partial charge in [0, 0.05) is 11.3 Å². The SMILES string of the molecule is CCC1C[C@@H](S(=O)(=O)c2cc(C(=O)Nc3ccc(F)c(C(F)(F)F)c3)ccc2Cl)C[C@H](C)[C@]1(C)O. The van der Waals surface area contributed by atoms with E-state index in [9.17, 15) is 35.9 Å². The summed E-state index contributed by atoms with van der Waals surface area (Å²) in [4.78, 5) is 12.4. The lowest BCUT2D eigenvalue weighted by Crippen LogP contribution is -2.49. The van der Waals surface area contributed by atoms with Crippen molar-refractivity contribution in [2.24, 2.45) is 11.8 Å². The molecule has 1 aliphatic carbocycles. The molecule has 0 saturated heterocycles. The van der Waals surface area contributed by atoms with Gasteiger partial charge in [0.1, 0.15) is 5.82 Å². The molecule has 0 aromatic heterocycles. The van der Waals surface area contributed by atoms with Crippen LogP contribution in [0.2, 0.25) is 5.02 Å². The van der Waals surface area contributed by atoms with Gasteiger partial charge in [0.25, 0.3) is 5.91 Å². The number of nitrogens with one attached hydrogen (secondary N) is 1. The first kappa shape index (κ1) is 27.4. The molecule has 1 amide bonds. The number of benzene rings is 2. The first-order chi connectivity index (χ1) is 16.1. The predicted octanol–water partition coefficient (Wildman–Crippen LogP) is 6.10. The van der Waals surface area contributed by atoms with Gasteiger partial charge in [0.15, 0.2) is 9.84 Å². The van der Waals surface area contributed by atoms with Crippen molar-refractivity contribution in [3.05, 3.63) is 58.4 Å². The molecule has 11 heteroatoms. The summed E-state index contributed by atoms with van der Waals surface area (Å²) >= 11 is 6.19. The predicted molar refractivity (Wildman–Crippen MR) is 125 cm³/mol. The average Bonchev–Trinajstić information content (AvgIpc) is 2.76. The van der Waals surface area contributed by atoms with Gasteiger partial charge in [0.2, 0.25) is 0 Å². The zero-order valence-electron chi connectivity index (χ0n) is 19.3. The first-order valence-electron chi connectivity index (χ1n) is 11.0. The fourth-order valence-corrected chi connectivity index (χ4v) is 7.04. The summed E-state index contributed by atoms with van der Waals surface area (Å²) in [6.45, 7) is 5.36. The Kier molecular flexibility index (Phi) is 7.60. The van der Waals surface area contributed by atoms with Crippen LogP contribution in [0.4, 0.5) is 23.2 Å². The number of hydrogen-bond donors (Lipinski definition) is 2. The summed E-state index contributed by atoms with van der Waals surface area (Å²) in [7, 11) is -4.00. The Balaban J connectivity index is 1.91. The van der Waals surface area contributed by atoms with Crippen molar-refractivity contribution in [2.45, 2.75) is 62.0 Å². The molecule has 1 saturated carbocycles. The topological polar surface area (TPSA) is 83.5 Å². The van der Waals surface area contributed by atoms with Crippen LogP contribution in [-0.4, -0.2) is 30.3 Å². The lowest BCUT2D eigenvalue weighted by atomic mass is 9.69. The van der Waals surface area contributed by atoms with Gasteiger partial charge in [-0.2, -0.15) is 13.2 Å². The Morgan fingerprint density at radius 2 is 1.86 bits per heavy atom. The minimum atomic E-state index is -4.95. The molecular formula is C24H26ClF4NO4S. The highest BCUT2D eigenvalue weighted by Crippen LogP contribution is 2.44. The highest BCUT2D eigenvalue weighted by atomic mass is 35.5. The molecule has 35 heavy (non-hydrogen) atoms. The third kappa shape index (κ3) is 5.49. The largest absolute Gasteiger partial charge is 0.419 e. The number of amides is 1. The second kappa shape index (κ2) is 9.71. The molecule has 0 spiro atoms. The van der Waals surface area contributed by atoms with Gasteiger partial charge in [-0.3, -0.25) is 4.79 Å². The monoisotopic (exact) mass is 535 g/mol. The molecule has 1 aliphatic rings. The number of hydrogen-bond acceptors (Lipinski definition) is 4. The minimum Gasteiger partial charge on any atom is -0.390 e.